The van der Waals surface area contributed by atoms with Crippen LogP contribution in [0, 0.1) is 10.1 Å². The Hall–Kier alpha value is -3.88. The van der Waals surface area contributed by atoms with Crippen LogP contribution in [0.15, 0.2) is 85.9 Å². The quantitative estimate of drug-likeness (QED) is 0.0812. The van der Waals surface area contributed by atoms with Gasteiger partial charge in [-0.25, -0.2) is 18.4 Å². The van der Waals surface area contributed by atoms with E-state index in [9.17, 15) is 28.1 Å². The predicted molar refractivity (Wildman–Crippen MR) is 148 cm³/mol. The second-order valence-corrected chi connectivity index (χ2v) is 12.5. The molecule has 0 spiro atoms. The summed E-state index contributed by atoms with van der Waals surface area (Å²) in [5, 5.41) is 13.7. The Morgan fingerprint density at radius 3 is 2.51 bits per heavy atom. The number of anilines is 1. The van der Waals surface area contributed by atoms with Gasteiger partial charge in [-0.3, -0.25) is 19.7 Å². The van der Waals surface area contributed by atoms with Crippen molar-refractivity contribution in [1.82, 2.24) is 15.0 Å². The molecule has 0 saturated carbocycles. The Labute approximate surface area is 231 Å². The number of benzene rings is 2. The summed E-state index contributed by atoms with van der Waals surface area (Å²) in [7, 11) is -3.96. The molecule has 11 nitrogen and oxygen atoms in total. The first-order valence-electron chi connectivity index (χ1n) is 11.7. The van der Waals surface area contributed by atoms with E-state index in [2.05, 4.69) is 32.4 Å². The van der Waals surface area contributed by atoms with Crippen molar-refractivity contribution in [2.75, 3.05) is 11.1 Å². The molecule has 39 heavy (non-hydrogen) atoms. The molecule has 2 heterocycles. The SMILES string of the molecule is O=C(CSc1nc(CCCCc2ccccc2)cc(=O)[nH]1)Nc1ncc(S(=O)(=O)c2ccc([N+](=O)[O-])cc2)s1. The first-order valence-corrected chi connectivity index (χ1v) is 15.0. The summed E-state index contributed by atoms with van der Waals surface area (Å²) in [5.74, 6) is -0.533. The molecule has 0 unspecified atom stereocenters. The second kappa shape index (κ2) is 12.8. The van der Waals surface area contributed by atoms with Gasteiger partial charge in [0.1, 0.15) is 4.21 Å². The lowest BCUT2D eigenvalue weighted by molar-refractivity contribution is -0.384. The van der Waals surface area contributed by atoms with Crippen molar-refractivity contribution in [3.05, 3.63) is 98.6 Å². The van der Waals surface area contributed by atoms with Gasteiger partial charge in [0.2, 0.25) is 15.7 Å². The van der Waals surface area contributed by atoms with E-state index in [1.807, 2.05) is 18.2 Å². The van der Waals surface area contributed by atoms with Crippen LogP contribution in [0.3, 0.4) is 0 Å². The Bertz CT molecular complexity index is 1620. The van der Waals surface area contributed by atoms with E-state index in [1.165, 1.54) is 11.6 Å². The smallest absolute Gasteiger partial charge is 0.269 e. The maximum absolute atomic E-state index is 12.8. The number of unbranched alkanes of at least 4 members (excludes halogenated alkanes) is 1. The van der Waals surface area contributed by atoms with E-state index in [0.29, 0.717) is 17.3 Å². The number of carbonyl (C=O) groups excluding carboxylic acids is 1. The molecule has 0 saturated heterocycles. The molecule has 2 aromatic heterocycles. The zero-order chi connectivity index (χ0) is 27.8. The van der Waals surface area contributed by atoms with Gasteiger partial charge in [0.25, 0.3) is 11.2 Å². The molecular formula is C25H23N5O6S3. The minimum absolute atomic E-state index is 0.0784. The number of thiazole rings is 1. The van der Waals surface area contributed by atoms with Crippen molar-refractivity contribution < 1.29 is 18.1 Å². The zero-order valence-corrected chi connectivity index (χ0v) is 22.9. The van der Waals surface area contributed by atoms with E-state index in [-0.39, 0.29) is 31.2 Å². The van der Waals surface area contributed by atoms with Gasteiger partial charge in [-0.2, -0.15) is 0 Å². The number of rotatable bonds is 12. The second-order valence-electron chi connectivity index (χ2n) is 8.31. The highest BCUT2D eigenvalue weighted by Crippen LogP contribution is 2.29. The van der Waals surface area contributed by atoms with Crippen LogP contribution in [0.25, 0.3) is 0 Å². The maximum atomic E-state index is 12.8. The monoisotopic (exact) mass is 585 g/mol. The number of amides is 1. The largest absolute Gasteiger partial charge is 0.301 e. The number of nitro benzene ring substituents is 1. The van der Waals surface area contributed by atoms with Gasteiger partial charge in [0.05, 0.1) is 21.8 Å². The Morgan fingerprint density at radius 2 is 1.79 bits per heavy atom. The molecule has 4 rings (SSSR count). The first-order chi connectivity index (χ1) is 18.7. The van der Waals surface area contributed by atoms with E-state index in [1.54, 1.807) is 0 Å². The van der Waals surface area contributed by atoms with Crippen LogP contribution in [-0.2, 0) is 27.5 Å². The van der Waals surface area contributed by atoms with Crippen LogP contribution < -0.4 is 10.9 Å². The fourth-order valence-corrected chi connectivity index (χ4v) is 6.70. The molecule has 1 amide bonds. The fourth-order valence-electron chi connectivity index (χ4n) is 3.55. The lowest BCUT2D eigenvalue weighted by Gasteiger charge is -2.05. The number of sulfone groups is 1. The van der Waals surface area contributed by atoms with Crippen LogP contribution in [0.1, 0.15) is 24.1 Å². The number of carbonyl (C=O) groups is 1. The average Bonchev–Trinajstić information content (AvgIpc) is 3.40. The maximum Gasteiger partial charge on any atom is 0.269 e. The summed E-state index contributed by atoms with van der Waals surface area (Å²) in [6.07, 6.45) is 4.52. The molecule has 0 bridgehead atoms. The van der Waals surface area contributed by atoms with E-state index in [0.717, 1.165) is 72.8 Å². The highest BCUT2D eigenvalue weighted by atomic mass is 32.2. The van der Waals surface area contributed by atoms with Gasteiger partial charge in [-0.1, -0.05) is 53.4 Å². The first kappa shape index (κ1) is 28.1. The third-order valence-electron chi connectivity index (χ3n) is 5.46. The summed E-state index contributed by atoms with van der Waals surface area (Å²) < 4.78 is 25.5. The number of aromatic amines is 1. The van der Waals surface area contributed by atoms with E-state index < -0.39 is 20.7 Å². The van der Waals surface area contributed by atoms with E-state index >= 15 is 0 Å². The lowest BCUT2D eigenvalue weighted by atomic mass is 10.1. The number of H-pyrrole nitrogens is 1. The average molecular weight is 586 g/mol. The van der Waals surface area contributed by atoms with Gasteiger partial charge < -0.3 is 10.3 Å². The minimum atomic E-state index is -3.96. The third-order valence-corrected chi connectivity index (χ3v) is 9.47. The highest BCUT2D eigenvalue weighted by molar-refractivity contribution is 7.99. The summed E-state index contributed by atoms with van der Waals surface area (Å²) in [6.45, 7) is 0. The lowest BCUT2D eigenvalue weighted by Crippen LogP contribution is -2.15. The van der Waals surface area contributed by atoms with Crippen molar-refractivity contribution in [2.45, 2.75) is 39.9 Å². The molecule has 0 radical (unpaired) electrons. The highest BCUT2D eigenvalue weighted by Gasteiger charge is 2.22. The number of non-ortho nitro benzene ring substituents is 1. The van der Waals surface area contributed by atoms with Crippen LogP contribution in [0.5, 0.6) is 0 Å². The summed E-state index contributed by atoms with van der Waals surface area (Å²) >= 11 is 1.81. The summed E-state index contributed by atoms with van der Waals surface area (Å²) in [6, 6.07) is 16.1. The number of hydrogen-bond acceptors (Lipinski definition) is 10. The standard InChI is InChI=1S/C25H23N5O6S3/c31-21-14-18(9-5-4-8-17-6-2-1-3-7-17)27-25(28-21)37-16-22(32)29-24-26-15-23(38-24)39(35,36)20-12-10-19(11-13-20)30(33)34/h1-3,6-7,10-15H,4-5,8-9,16H2,(H,26,29,32)(H,27,28,31). The summed E-state index contributed by atoms with van der Waals surface area (Å²) in [4.78, 5) is 45.6. The van der Waals surface area contributed by atoms with Crippen LogP contribution in [-0.4, -0.2) is 40.0 Å². The number of hydrogen-bond donors (Lipinski definition) is 2. The molecule has 202 valence electrons. The number of thioether (sulfide) groups is 1. The predicted octanol–water partition coefficient (Wildman–Crippen LogP) is 4.26. The Kier molecular flexibility index (Phi) is 9.22. The Morgan fingerprint density at radius 1 is 1.08 bits per heavy atom. The van der Waals surface area contributed by atoms with E-state index in [4.69, 9.17) is 0 Å². The molecule has 0 aliphatic carbocycles. The van der Waals surface area contributed by atoms with Crippen molar-refractivity contribution in [3.63, 3.8) is 0 Å². The third kappa shape index (κ3) is 7.81. The van der Waals surface area contributed by atoms with Gasteiger partial charge in [-0.05, 0) is 43.4 Å². The zero-order valence-electron chi connectivity index (χ0n) is 20.4. The van der Waals surface area contributed by atoms with Gasteiger partial charge in [0, 0.05) is 23.9 Å². The molecule has 2 N–H and O–H groups in total. The molecule has 0 fully saturated rings. The molecule has 4 aromatic rings. The van der Waals surface area contributed by atoms with Gasteiger partial charge in [0.15, 0.2) is 10.3 Å². The molecule has 0 atom stereocenters. The number of nitro groups is 1. The van der Waals surface area contributed by atoms with Crippen LogP contribution in [0.4, 0.5) is 10.8 Å². The summed E-state index contributed by atoms with van der Waals surface area (Å²) in [5.41, 5.74) is 1.38. The van der Waals surface area contributed by atoms with Crippen LogP contribution >= 0.6 is 23.1 Å². The van der Waals surface area contributed by atoms with Crippen molar-refractivity contribution in [1.29, 1.82) is 0 Å². The van der Waals surface area contributed by atoms with Gasteiger partial charge >= 0.3 is 0 Å². The van der Waals surface area contributed by atoms with Crippen molar-refractivity contribution in [3.8, 4) is 0 Å². The molecule has 2 aromatic carbocycles. The number of aromatic nitrogens is 3. The van der Waals surface area contributed by atoms with Crippen molar-refractivity contribution >= 4 is 49.7 Å². The molecular weight excluding hydrogens is 563 g/mol. The molecule has 14 heteroatoms. The molecule has 0 aliphatic rings. The number of nitrogens with one attached hydrogen (secondary N) is 2. The van der Waals surface area contributed by atoms with Crippen molar-refractivity contribution in [2.24, 2.45) is 0 Å². The van der Waals surface area contributed by atoms with Crippen LogP contribution in [0.2, 0.25) is 0 Å². The fraction of sp³-hybridized carbons (Fsp3) is 0.200. The minimum Gasteiger partial charge on any atom is -0.301 e. The normalized spacial score (nSPS) is 11.3. The topological polar surface area (TPSA) is 165 Å². The number of nitrogens with zero attached hydrogens (tertiary/aromatic N) is 3. The van der Waals surface area contributed by atoms with Gasteiger partial charge in [-0.15, -0.1) is 0 Å². The molecule has 0 aliphatic heterocycles. The number of aryl methyl sites for hydroxylation is 2. The Balaban J connectivity index is 1.29.